The van der Waals surface area contributed by atoms with Crippen LogP contribution in [-0.4, -0.2) is 9.97 Å². The zero-order valence-corrected chi connectivity index (χ0v) is 7.09. The van der Waals surface area contributed by atoms with Gasteiger partial charge in [0.05, 0.1) is 0 Å². The lowest BCUT2D eigenvalue weighted by Gasteiger charge is -1.96. The highest BCUT2D eigenvalue weighted by molar-refractivity contribution is 5.71. The Morgan fingerprint density at radius 3 is 2.64 bits per heavy atom. The maximum absolute atomic E-state index is 12.2. The van der Waals surface area contributed by atoms with Crippen molar-refractivity contribution in [2.45, 2.75) is 13.1 Å². The fourth-order valence-electron chi connectivity index (χ4n) is 1.07. The van der Waals surface area contributed by atoms with Crippen LogP contribution in [0.25, 0.3) is 11.2 Å². The van der Waals surface area contributed by atoms with E-state index in [1.807, 2.05) is 0 Å². The Hall–Kier alpha value is -1.59. The van der Waals surface area contributed by atoms with E-state index in [4.69, 9.17) is 0 Å². The molecule has 0 N–H and O–H groups in total. The summed E-state index contributed by atoms with van der Waals surface area (Å²) in [5.74, 6) is -1.26. The fraction of sp³-hybridized carbons (Fsp3) is 0.250. The van der Waals surface area contributed by atoms with E-state index in [0.29, 0.717) is 5.56 Å². The van der Waals surface area contributed by atoms with Crippen LogP contribution in [0.4, 0.5) is 13.2 Å². The van der Waals surface area contributed by atoms with Crippen LogP contribution >= 0.6 is 0 Å². The van der Waals surface area contributed by atoms with Gasteiger partial charge in [-0.25, -0.2) is 9.97 Å². The minimum atomic E-state index is -4.56. The van der Waals surface area contributed by atoms with Gasteiger partial charge >= 0.3 is 12.1 Å². The van der Waals surface area contributed by atoms with E-state index in [1.165, 1.54) is 6.20 Å². The quantitative estimate of drug-likeness (QED) is 0.658. The van der Waals surface area contributed by atoms with Gasteiger partial charge in [-0.3, -0.25) is 0 Å². The SMILES string of the molecule is Cc1ccnc2oc(C(F)(F)F)nc12. The molecule has 14 heavy (non-hydrogen) atoms. The number of aryl methyl sites for hydroxylation is 1. The van der Waals surface area contributed by atoms with Gasteiger partial charge in [0.1, 0.15) is 5.52 Å². The van der Waals surface area contributed by atoms with Crippen LogP contribution in [0, 0.1) is 6.92 Å². The van der Waals surface area contributed by atoms with Crippen molar-refractivity contribution in [2.75, 3.05) is 0 Å². The number of oxazole rings is 1. The number of fused-ring (bicyclic) bond motifs is 1. The summed E-state index contributed by atoms with van der Waals surface area (Å²) in [6.07, 6.45) is -3.18. The van der Waals surface area contributed by atoms with E-state index in [-0.39, 0.29) is 11.2 Å². The van der Waals surface area contributed by atoms with Crippen LogP contribution in [0.2, 0.25) is 0 Å². The third-order valence-corrected chi connectivity index (χ3v) is 1.74. The Bertz CT molecular complexity index is 475. The molecule has 0 spiro atoms. The van der Waals surface area contributed by atoms with Crippen molar-refractivity contribution in [2.24, 2.45) is 0 Å². The molecule has 2 rings (SSSR count). The molecule has 0 aromatic carbocycles. The Morgan fingerprint density at radius 2 is 2.07 bits per heavy atom. The van der Waals surface area contributed by atoms with Crippen molar-refractivity contribution in [1.29, 1.82) is 0 Å². The van der Waals surface area contributed by atoms with E-state index in [1.54, 1.807) is 13.0 Å². The minimum absolute atomic E-state index is 0.0858. The topological polar surface area (TPSA) is 38.9 Å². The van der Waals surface area contributed by atoms with Crippen molar-refractivity contribution >= 4 is 11.2 Å². The molecule has 0 atom stereocenters. The third kappa shape index (κ3) is 1.32. The first-order valence-corrected chi connectivity index (χ1v) is 3.78. The van der Waals surface area contributed by atoms with Crippen molar-refractivity contribution < 1.29 is 17.6 Å². The number of halogens is 3. The van der Waals surface area contributed by atoms with Gasteiger partial charge < -0.3 is 4.42 Å². The summed E-state index contributed by atoms with van der Waals surface area (Å²) in [6.45, 7) is 1.65. The first-order chi connectivity index (χ1) is 6.48. The molecule has 2 aromatic heterocycles. The lowest BCUT2D eigenvalue weighted by molar-refractivity contribution is -0.156. The highest BCUT2D eigenvalue weighted by Crippen LogP contribution is 2.30. The Balaban J connectivity index is 2.69. The van der Waals surface area contributed by atoms with Gasteiger partial charge in [-0.1, -0.05) is 0 Å². The highest BCUT2D eigenvalue weighted by atomic mass is 19.4. The zero-order chi connectivity index (χ0) is 10.3. The maximum Gasteiger partial charge on any atom is 0.469 e. The van der Waals surface area contributed by atoms with E-state index in [9.17, 15) is 13.2 Å². The predicted octanol–water partition coefficient (Wildman–Crippen LogP) is 2.55. The van der Waals surface area contributed by atoms with Gasteiger partial charge in [0.2, 0.25) is 5.71 Å². The summed E-state index contributed by atoms with van der Waals surface area (Å²) in [5, 5.41) is 0. The normalized spacial score (nSPS) is 12.3. The molecular weight excluding hydrogens is 197 g/mol. The summed E-state index contributed by atoms with van der Waals surface area (Å²) < 4.78 is 41.0. The summed E-state index contributed by atoms with van der Waals surface area (Å²) in [6, 6.07) is 1.57. The Morgan fingerprint density at radius 1 is 1.36 bits per heavy atom. The molecule has 6 heteroatoms. The second kappa shape index (κ2) is 2.70. The predicted molar refractivity (Wildman–Crippen MR) is 41.5 cm³/mol. The molecule has 0 saturated carbocycles. The standard InChI is InChI=1S/C8H5F3N2O/c1-4-2-3-12-6-5(4)13-7(14-6)8(9,10)11/h2-3H,1H3. The molecule has 0 amide bonds. The summed E-state index contributed by atoms with van der Waals surface area (Å²) in [7, 11) is 0. The molecule has 0 unspecified atom stereocenters. The number of aromatic nitrogens is 2. The molecule has 0 aliphatic heterocycles. The van der Waals surface area contributed by atoms with Gasteiger partial charge in [0.15, 0.2) is 0 Å². The molecule has 0 aliphatic rings. The zero-order valence-electron chi connectivity index (χ0n) is 7.09. The lowest BCUT2D eigenvalue weighted by Crippen LogP contribution is -2.04. The van der Waals surface area contributed by atoms with E-state index in [0.717, 1.165) is 0 Å². The van der Waals surface area contributed by atoms with Gasteiger partial charge in [-0.15, -0.1) is 0 Å². The van der Waals surface area contributed by atoms with Crippen molar-refractivity contribution in [3.63, 3.8) is 0 Å². The molecule has 2 aromatic rings. The minimum Gasteiger partial charge on any atom is -0.414 e. The average molecular weight is 202 g/mol. The smallest absolute Gasteiger partial charge is 0.414 e. The summed E-state index contributed by atoms with van der Waals surface area (Å²) in [5.41, 5.74) is 0.673. The molecule has 0 fully saturated rings. The second-order valence-corrected chi connectivity index (χ2v) is 2.80. The van der Waals surface area contributed by atoms with E-state index in [2.05, 4.69) is 14.4 Å². The Kier molecular flexibility index (Phi) is 1.73. The van der Waals surface area contributed by atoms with Crippen molar-refractivity contribution in [3.05, 3.63) is 23.7 Å². The summed E-state index contributed by atoms with van der Waals surface area (Å²) >= 11 is 0. The maximum atomic E-state index is 12.2. The fourth-order valence-corrected chi connectivity index (χ4v) is 1.07. The third-order valence-electron chi connectivity index (χ3n) is 1.74. The van der Waals surface area contributed by atoms with Crippen LogP contribution in [-0.2, 0) is 6.18 Å². The first-order valence-electron chi connectivity index (χ1n) is 3.78. The molecule has 74 valence electrons. The van der Waals surface area contributed by atoms with Crippen molar-refractivity contribution in [1.82, 2.24) is 9.97 Å². The first kappa shape index (κ1) is 8.98. The second-order valence-electron chi connectivity index (χ2n) is 2.80. The molecule has 0 aliphatic carbocycles. The number of hydrogen-bond acceptors (Lipinski definition) is 3. The van der Waals surface area contributed by atoms with Crippen LogP contribution in [0.3, 0.4) is 0 Å². The number of hydrogen-bond donors (Lipinski definition) is 0. The largest absolute Gasteiger partial charge is 0.469 e. The van der Waals surface area contributed by atoms with E-state index < -0.39 is 12.1 Å². The number of rotatable bonds is 0. The van der Waals surface area contributed by atoms with Crippen LogP contribution in [0.1, 0.15) is 11.5 Å². The van der Waals surface area contributed by atoms with Gasteiger partial charge in [0.25, 0.3) is 0 Å². The molecule has 2 heterocycles. The van der Waals surface area contributed by atoms with Crippen LogP contribution in [0.15, 0.2) is 16.7 Å². The molecule has 0 radical (unpaired) electrons. The van der Waals surface area contributed by atoms with Gasteiger partial charge in [-0.2, -0.15) is 13.2 Å². The highest BCUT2D eigenvalue weighted by Gasteiger charge is 2.37. The van der Waals surface area contributed by atoms with Crippen LogP contribution in [0.5, 0.6) is 0 Å². The number of alkyl halides is 3. The van der Waals surface area contributed by atoms with Crippen LogP contribution < -0.4 is 0 Å². The monoisotopic (exact) mass is 202 g/mol. The average Bonchev–Trinajstić information content (AvgIpc) is 2.48. The number of nitrogens with zero attached hydrogens (tertiary/aromatic N) is 2. The summed E-state index contributed by atoms with van der Waals surface area (Å²) in [4.78, 5) is 6.98. The molecule has 3 nitrogen and oxygen atoms in total. The molecule has 0 saturated heterocycles. The molecular formula is C8H5F3N2O. The van der Waals surface area contributed by atoms with Gasteiger partial charge in [-0.05, 0) is 18.6 Å². The molecule has 0 bridgehead atoms. The van der Waals surface area contributed by atoms with Gasteiger partial charge in [0, 0.05) is 6.20 Å². The lowest BCUT2D eigenvalue weighted by atomic mass is 10.3. The van der Waals surface area contributed by atoms with Crippen molar-refractivity contribution in [3.8, 4) is 0 Å². The number of pyridine rings is 1. The Labute approximate surface area is 76.6 Å². The van der Waals surface area contributed by atoms with E-state index >= 15 is 0 Å².